The molecule has 0 atom stereocenters. The molecule has 0 unspecified atom stereocenters. The number of carbonyl (C=O) groups is 2. The van der Waals surface area contributed by atoms with Crippen LogP contribution in [0.5, 0.6) is 0 Å². The fourth-order valence-electron chi connectivity index (χ4n) is 1.81. The maximum atomic E-state index is 10.9. The van der Waals surface area contributed by atoms with Gasteiger partial charge in [0.2, 0.25) is 12.8 Å². The molecule has 0 bridgehead atoms. The lowest BCUT2D eigenvalue weighted by molar-refractivity contribution is -0.115. The van der Waals surface area contributed by atoms with Crippen molar-refractivity contribution < 1.29 is 9.59 Å². The highest BCUT2D eigenvalue weighted by molar-refractivity contribution is 5.82. The number of nitrogens with zero attached hydrogens (tertiary/aromatic N) is 2. The summed E-state index contributed by atoms with van der Waals surface area (Å²) in [5.41, 5.74) is 3.73. The van der Waals surface area contributed by atoms with Crippen LogP contribution in [0.15, 0.2) is 35.7 Å². The highest BCUT2D eigenvalue weighted by Gasteiger charge is 2.11. The van der Waals surface area contributed by atoms with Crippen LogP contribution in [-0.2, 0) is 9.59 Å². The molecule has 1 heterocycles. The van der Waals surface area contributed by atoms with Crippen molar-refractivity contribution in [2.75, 3.05) is 12.4 Å². The molecule has 0 saturated heterocycles. The van der Waals surface area contributed by atoms with Crippen LogP contribution in [0.1, 0.15) is 26.3 Å². The molecule has 2 amide bonds. The van der Waals surface area contributed by atoms with Gasteiger partial charge in [-0.1, -0.05) is 6.08 Å². The lowest BCUT2D eigenvalue weighted by Gasteiger charge is -2.18. The van der Waals surface area contributed by atoms with E-state index in [1.54, 1.807) is 19.3 Å². The third kappa shape index (κ3) is 3.54. The van der Waals surface area contributed by atoms with E-state index in [0.717, 1.165) is 28.8 Å². The highest BCUT2D eigenvalue weighted by atomic mass is 16.1. The zero-order valence-corrected chi connectivity index (χ0v) is 12.2. The Morgan fingerprint density at radius 1 is 1.30 bits per heavy atom. The molecule has 1 N–H and O–H groups in total. The van der Waals surface area contributed by atoms with E-state index in [1.807, 2.05) is 32.9 Å². The smallest absolute Gasteiger partial charge is 0.213 e. The standard InChI is InChI=1S/C15H19N3O2/c1-5-11(2)15(12(3)18(4)10-20)13-6-7-14(16-8-13)17-9-19/h5-10H,1-4H3,(H,16,17,19)/b11-5-,15-12+. The Kier molecular flexibility index (Phi) is 5.65. The number of anilines is 1. The topological polar surface area (TPSA) is 62.3 Å². The number of carbonyl (C=O) groups excluding carboxylic acids is 2. The average Bonchev–Trinajstić information content (AvgIpc) is 2.48. The first kappa shape index (κ1) is 15.6. The first-order valence-electron chi connectivity index (χ1n) is 6.24. The second kappa shape index (κ2) is 7.23. The van der Waals surface area contributed by atoms with Crippen molar-refractivity contribution >= 4 is 24.2 Å². The molecule has 5 nitrogen and oxygen atoms in total. The summed E-state index contributed by atoms with van der Waals surface area (Å²) in [7, 11) is 1.71. The van der Waals surface area contributed by atoms with Crippen LogP contribution >= 0.6 is 0 Å². The quantitative estimate of drug-likeness (QED) is 0.639. The molecule has 0 aliphatic heterocycles. The van der Waals surface area contributed by atoms with E-state index < -0.39 is 0 Å². The molecule has 1 rings (SSSR count). The van der Waals surface area contributed by atoms with Gasteiger partial charge in [0.1, 0.15) is 5.82 Å². The number of rotatable bonds is 6. The number of nitrogens with one attached hydrogen (secondary N) is 1. The molecule has 106 valence electrons. The van der Waals surface area contributed by atoms with Gasteiger partial charge in [0.25, 0.3) is 0 Å². The number of hydrogen-bond acceptors (Lipinski definition) is 3. The number of hydrogen-bond donors (Lipinski definition) is 1. The summed E-state index contributed by atoms with van der Waals surface area (Å²) >= 11 is 0. The summed E-state index contributed by atoms with van der Waals surface area (Å²) in [5, 5.41) is 2.49. The summed E-state index contributed by atoms with van der Waals surface area (Å²) in [5.74, 6) is 0.489. The Labute approximate surface area is 119 Å². The van der Waals surface area contributed by atoms with Crippen LogP contribution in [0.2, 0.25) is 0 Å². The molecule has 0 spiro atoms. The molecule has 0 saturated carbocycles. The van der Waals surface area contributed by atoms with Crippen molar-refractivity contribution in [1.29, 1.82) is 0 Å². The lowest BCUT2D eigenvalue weighted by Crippen LogP contribution is -2.15. The molecular weight excluding hydrogens is 254 g/mol. The molecule has 0 aliphatic carbocycles. The van der Waals surface area contributed by atoms with Crippen molar-refractivity contribution in [2.24, 2.45) is 0 Å². The molecule has 20 heavy (non-hydrogen) atoms. The van der Waals surface area contributed by atoms with Gasteiger partial charge in [-0.05, 0) is 38.5 Å². The summed E-state index contributed by atoms with van der Waals surface area (Å²) in [4.78, 5) is 27.0. The van der Waals surface area contributed by atoms with E-state index in [4.69, 9.17) is 0 Å². The average molecular weight is 273 g/mol. The largest absolute Gasteiger partial charge is 0.321 e. The SMILES string of the molecule is C/C=C(C)\C(=C(\C)N(C)C=O)c1ccc(NC=O)nc1. The van der Waals surface area contributed by atoms with Gasteiger partial charge in [-0.3, -0.25) is 9.59 Å². The molecule has 0 aliphatic rings. The van der Waals surface area contributed by atoms with Crippen LogP contribution in [0, 0.1) is 0 Å². The normalized spacial score (nSPS) is 12.5. The zero-order chi connectivity index (χ0) is 15.1. The number of aromatic nitrogens is 1. The first-order chi connectivity index (χ1) is 9.54. The Balaban J connectivity index is 3.32. The number of allylic oxidation sites excluding steroid dienone is 4. The van der Waals surface area contributed by atoms with Gasteiger partial charge in [-0.2, -0.15) is 0 Å². The van der Waals surface area contributed by atoms with E-state index >= 15 is 0 Å². The summed E-state index contributed by atoms with van der Waals surface area (Å²) in [6, 6.07) is 3.59. The monoisotopic (exact) mass is 273 g/mol. The minimum absolute atomic E-state index is 0.489. The predicted octanol–water partition coefficient (Wildman–Crippen LogP) is 2.44. The van der Waals surface area contributed by atoms with Crippen LogP contribution in [0.4, 0.5) is 5.82 Å². The number of pyridine rings is 1. The fraction of sp³-hybridized carbons (Fsp3) is 0.267. The van der Waals surface area contributed by atoms with Crippen LogP contribution in [-0.4, -0.2) is 29.8 Å². The second-order valence-corrected chi connectivity index (χ2v) is 4.34. The molecule has 1 aromatic heterocycles. The summed E-state index contributed by atoms with van der Waals surface area (Å²) in [6.07, 6.45) is 5.01. The maximum absolute atomic E-state index is 10.9. The van der Waals surface area contributed by atoms with Crippen molar-refractivity contribution in [2.45, 2.75) is 20.8 Å². The zero-order valence-electron chi connectivity index (χ0n) is 12.2. The molecule has 5 heteroatoms. The molecular formula is C15H19N3O2. The van der Waals surface area contributed by atoms with Gasteiger partial charge >= 0.3 is 0 Å². The third-order valence-electron chi connectivity index (χ3n) is 3.14. The van der Waals surface area contributed by atoms with Gasteiger partial charge in [-0.15, -0.1) is 0 Å². The van der Waals surface area contributed by atoms with Crippen molar-refractivity contribution in [1.82, 2.24) is 9.88 Å². The molecule has 1 aromatic rings. The Morgan fingerprint density at radius 2 is 2.00 bits per heavy atom. The van der Waals surface area contributed by atoms with Gasteiger partial charge < -0.3 is 10.2 Å². The second-order valence-electron chi connectivity index (χ2n) is 4.34. The van der Waals surface area contributed by atoms with Crippen molar-refractivity contribution in [3.63, 3.8) is 0 Å². The predicted molar refractivity (Wildman–Crippen MR) is 79.8 cm³/mol. The summed E-state index contributed by atoms with van der Waals surface area (Å²) < 4.78 is 0. The van der Waals surface area contributed by atoms with Gasteiger partial charge in [0.15, 0.2) is 0 Å². The highest BCUT2D eigenvalue weighted by Crippen LogP contribution is 2.27. The fourth-order valence-corrected chi connectivity index (χ4v) is 1.81. The van der Waals surface area contributed by atoms with E-state index in [0.29, 0.717) is 12.2 Å². The van der Waals surface area contributed by atoms with E-state index in [1.165, 1.54) is 4.90 Å². The lowest BCUT2D eigenvalue weighted by atomic mass is 9.98. The Hall–Kier alpha value is -2.43. The van der Waals surface area contributed by atoms with Gasteiger partial charge in [0, 0.05) is 30.1 Å². The van der Waals surface area contributed by atoms with E-state index in [9.17, 15) is 9.59 Å². The molecule has 0 fully saturated rings. The minimum atomic E-state index is 0.489. The third-order valence-corrected chi connectivity index (χ3v) is 3.14. The molecule has 0 aromatic carbocycles. The minimum Gasteiger partial charge on any atom is -0.321 e. The van der Waals surface area contributed by atoms with Crippen molar-refractivity contribution in [3.05, 3.63) is 41.2 Å². The molecule has 0 radical (unpaired) electrons. The maximum Gasteiger partial charge on any atom is 0.213 e. The van der Waals surface area contributed by atoms with Crippen LogP contribution in [0.25, 0.3) is 5.57 Å². The van der Waals surface area contributed by atoms with E-state index in [-0.39, 0.29) is 0 Å². The van der Waals surface area contributed by atoms with E-state index in [2.05, 4.69) is 10.3 Å². The van der Waals surface area contributed by atoms with Crippen LogP contribution < -0.4 is 5.32 Å². The van der Waals surface area contributed by atoms with Crippen LogP contribution in [0.3, 0.4) is 0 Å². The van der Waals surface area contributed by atoms with Crippen molar-refractivity contribution in [3.8, 4) is 0 Å². The summed E-state index contributed by atoms with van der Waals surface area (Å²) in [6.45, 7) is 5.81. The Morgan fingerprint density at radius 3 is 2.45 bits per heavy atom. The van der Waals surface area contributed by atoms with Gasteiger partial charge in [0.05, 0.1) is 0 Å². The number of amides is 2. The first-order valence-corrected chi connectivity index (χ1v) is 6.24. The van der Waals surface area contributed by atoms with Gasteiger partial charge in [-0.25, -0.2) is 4.98 Å². The Bertz CT molecular complexity index is 545.